The number of aromatic nitrogens is 6. The van der Waals surface area contributed by atoms with Crippen LogP contribution >= 0.6 is 11.3 Å². The second-order valence-corrected chi connectivity index (χ2v) is 7.06. The molecule has 3 aromatic heterocycles. The molecule has 0 bridgehead atoms. The largest absolute Gasteiger partial charge is 0.344 e. The van der Waals surface area contributed by atoms with Crippen LogP contribution in [0.1, 0.15) is 25.7 Å². The number of rotatable bonds is 4. The summed E-state index contributed by atoms with van der Waals surface area (Å²) in [6, 6.07) is 1.95. The van der Waals surface area contributed by atoms with Crippen LogP contribution in [0.15, 0.2) is 18.5 Å². The third kappa shape index (κ3) is 3.35. The molecule has 11 heteroatoms. The minimum atomic E-state index is -0.138. The molecule has 3 aromatic rings. The van der Waals surface area contributed by atoms with Gasteiger partial charge in [-0.3, -0.25) is 9.69 Å². The van der Waals surface area contributed by atoms with Crippen LogP contribution in [0.5, 0.6) is 0 Å². The Labute approximate surface area is 153 Å². The summed E-state index contributed by atoms with van der Waals surface area (Å²) in [5.41, 5.74) is 0. The highest BCUT2D eigenvalue weighted by Crippen LogP contribution is 2.26. The third-order valence-corrected chi connectivity index (χ3v) is 5.24. The van der Waals surface area contributed by atoms with Crippen molar-refractivity contribution in [2.24, 2.45) is 0 Å². The van der Waals surface area contributed by atoms with Crippen LogP contribution in [0.25, 0.3) is 5.78 Å². The van der Waals surface area contributed by atoms with Gasteiger partial charge in [-0.05, 0) is 13.0 Å². The molecule has 0 radical (unpaired) electrons. The number of amides is 1. The van der Waals surface area contributed by atoms with Gasteiger partial charge in [-0.1, -0.05) is 11.3 Å². The van der Waals surface area contributed by atoms with E-state index in [2.05, 4.69) is 47.3 Å². The van der Waals surface area contributed by atoms with Crippen LogP contribution in [0.2, 0.25) is 0 Å². The predicted octanol–water partition coefficient (Wildman–Crippen LogP) is 0.817. The fraction of sp³-hybridized carbons (Fsp3) is 0.467. The van der Waals surface area contributed by atoms with Crippen LogP contribution < -0.4 is 10.2 Å². The fourth-order valence-electron chi connectivity index (χ4n) is 2.93. The lowest BCUT2D eigenvalue weighted by molar-refractivity contribution is -0.114. The number of hydrogen-bond donors (Lipinski definition) is 1. The molecular formula is C15H19N9OS. The normalized spacial score (nSPS) is 16.8. The quantitative estimate of drug-likeness (QED) is 0.717. The zero-order valence-electron chi connectivity index (χ0n) is 14.5. The maximum Gasteiger partial charge on any atom is 0.252 e. The Hall–Kier alpha value is -2.66. The molecule has 0 unspecified atom stereocenters. The maximum absolute atomic E-state index is 11.1. The van der Waals surface area contributed by atoms with Gasteiger partial charge in [0.2, 0.25) is 16.2 Å². The van der Waals surface area contributed by atoms with Gasteiger partial charge in [0.05, 0.1) is 6.04 Å². The van der Waals surface area contributed by atoms with Crippen molar-refractivity contribution in [3.8, 4) is 0 Å². The summed E-state index contributed by atoms with van der Waals surface area (Å²) >= 11 is 1.39. The molecule has 4 rings (SSSR count). The van der Waals surface area contributed by atoms with E-state index in [0.717, 1.165) is 37.1 Å². The summed E-state index contributed by atoms with van der Waals surface area (Å²) in [4.78, 5) is 24.4. The third-order valence-electron chi connectivity index (χ3n) is 4.34. The van der Waals surface area contributed by atoms with Gasteiger partial charge < -0.3 is 10.2 Å². The smallest absolute Gasteiger partial charge is 0.252 e. The molecular weight excluding hydrogens is 354 g/mol. The Kier molecular flexibility index (Phi) is 4.47. The molecule has 0 saturated carbocycles. The summed E-state index contributed by atoms with van der Waals surface area (Å²) < 4.78 is 1.70. The molecule has 10 nitrogen and oxygen atoms in total. The minimum absolute atomic E-state index is 0.114. The van der Waals surface area contributed by atoms with Crippen molar-refractivity contribution in [2.45, 2.75) is 19.9 Å². The zero-order chi connectivity index (χ0) is 18.1. The molecule has 0 spiro atoms. The number of piperazine rings is 1. The molecule has 26 heavy (non-hydrogen) atoms. The van der Waals surface area contributed by atoms with Gasteiger partial charge in [-0.2, -0.15) is 4.98 Å². The Morgan fingerprint density at radius 2 is 2.08 bits per heavy atom. The number of carbonyl (C=O) groups excluding carboxylic acids is 1. The van der Waals surface area contributed by atoms with Crippen molar-refractivity contribution in [3.63, 3.8) is 0 Å². The maximum atomic E-state index is 11.1. The summed E-state index contributed by atoms with van der Waals surface area (Å²) in [6.45, 7) is 7.00. The lowest BCUT2D eigenvalue weighted by atomic mass is 10.2. The fourth-order valence-corrected chi connectivity index (χ4v) is 3.78. The molecule has 1 amide bonds. The van der Waals surface area contributed by atoms with E-state index in [-0.39, 0.29) is 11.9 Å². The van der Waals surface area contributed by atoms with Crippen molar-refractivity contribution < 1.29 is 4.79 Å². The van der Waals surface area contributed by atoms with Crippen molar-refractivity contribution >= 4 is 33.3 Å². The average Bonchev–Trinajstić information content (AvgIpc) is 3.27. The highest BCUT2D eigenvalue weighted by Gasteiger charge is 2.26. The summed E-state index contributed by atoms with van der Waals surface area (Å²) in [6.07, 6.45) is 3.57. The second-order valence-electron chi connectivity index (χ2n) is 6.10. The number of hydrogen-bond acceptors (Lipinski definition) is 9. The monoisotopic (exact) mass is 373 g/mol. The Morgan fingerprint density at radius 1 is 1.27 bits per heavy atom. The van der Waals surface area contributed by atoms with Gasteiger partial charge >= 0.3 is 0 Å². The van der Waals surface area contributed by atoms with E-state index in [0.29, 0.717) is 10.9 Å². The molecule has 1 atom stereocenters. The lowest BCUT2D eigenvalue weighted by Gasteiger charge is -2.36. The van der Waals surface area contributed by atoms with Crippen LogP contribution in [-0.2, 0) is 4.79 Å². The van der Waals surface area contributed by atoms with Gasteiger partial charge in [0.1, 0.15) is 0 Å². The number of anilines is 2. The molecule has 1 saturated heterocycles. The van der Waals surface area contributed by atoms with Gasteiger partial charge in [0, 0.05) is 45.5 Å². The number of nitrogens with zero attached hydrogens (tertiary/aromatic N) is 8. The van der Waals surface area contributed by atoms with Crippen LogP contribution in [0.3, 0.4) is 0 Å². The Balaban J connectivity index is 1.39. The molecule has 0 aromatic carbocycles. The van der Waals surface area contributed by atoms with Crippen LogP contribution in [-0.4, -0.2) is 66.8 Å². The van der Waals surface area contributed by atoms with E-state index in [1.807, 2.05) is 12.3 Å². The first-order valence-corrected chi connectivity index (χ1v) is 9.19. The number of nitrogens with one attached hydrogen (secondary N) is 1. The van der Waals surface area contributed by atoms with E-state index < -0.39 is 0 Å². The summed E-state index contributed by atoms with van der Waals surface area (Å²) in [5.74, 6) is 1.26. The van der Waals surface area contributed by atoms with E-state index in [1.165, 1.54) is 18.3 Å². The Morgan fingerprint density at radius 3 is 2.81 bits per heavy atom. The van der Waals surface area contributed by atoms with Crippen molar-refractivity contribution in [2.75, 3.05) is 36.4 Å². The molecule has 0 aliphatic carbocycles. The van der Waals surface area contributed by atoms with Gasteiger partial charge in [0.15, 0.2) is 5.82 Å². The lowest BCUT2D eigenvalue weighted by Crippen LogP contribution is -2.47. The second kappa shape index (κ2) is 6.92. The van der Waals surface area contributed by atoms with E-state index in [4.69, 9.17) is 0 Å². The topological polar surface area (TPSA) is 104 Å². The molecule has 1 N–H and O–H groups in total. The summed E-state index contributed by atoms with van der Waals surface area (Å²) in [7, 11) is 0. The van der Waals surface area contributed by atoms with Crippen molar-refractivity contribution in [3.05, 3.63) is 24.3 Å². The first-order chi connectivity index (χ1) is 12.6. The minimum Gasteiger partial charge on any atom is -0.344 e. The van der Waals surface area contributed by atoms with E-state index in [9.17, 15) is 4.79 Å². The highest BCUT2D eigenvalue weighted by atomic mass is 32.1. The van der Waals surface area contributed by atoms with Crippen LogP contribution in [0, 0.1) is 0 Å². The molecule has 136 valence electrons. The first kappa shape index (κ1) is 16.8. The zero-order valence-corrected chi connectivity index (χ0v) is 15.3. The molecule has 1 fully saturated rings. The first-order valence-electron chi connectivity index (χ1n) is 8.37. The number of carbonyl (C=O) groups is 1. The van der Waals surface area contributed by atoms with Crippen LogP contribution in [0.4, 0.5) is 10.3 Å². The Bertz CT molecular complexity index is 882. The van der Waals surface area contributed by atoms with Gasteiger partial charge in [-0.25, -0.2) is 9.50 Å². The standard InChI is InChI=1S/C15H19N9OS/c1-10(12-18-13-16-4-3-5-24(13)21-12)22-6-8-23(9-7-22)15-20-19-14(26-15)17-11(2)25/h3-5,10H,6-9H2,1-2H3,(H,17,19,25)/t10-/m0/s1. The SMILES string of the molecule is CC(=O)Nc1nnc(N2CCN([C@@H](C)c3nc4ncccn4n3)CC2)s1. The predicted molar refractivity (Wildman–Crippen MR) is 97.2 cm³/mol. The highest BCUT2D eigenvalue weighted by molar-refractivity contribution is 7.19. The molecule has 4 heterocycles. The van der Waals surface area contributed by atoms with Gasteiger partial charge in [-0.15, -0.1) is 15.3 Å². The van der Waals surface area contributed by atoms with Crippen molar-refractivity contribution in [1.29, 1.82) is 0 Å². The molecule has 1 aliphatic heterocycles. The summed E-state index contributed by atoms with van der Waals surface area (Å²) in [5, 5.41) is 16.7. The van der Waals surface area contributed by atoms with Gasteiger partial charge in [0.25, 0.3) is 5.78 Å². The molecule has 1 aliphatic rings. The number of fused-ring (bicyclic) bond motifs is 1. The van der Waals surface area contributed by atoms with E-state index in [1.54, 1.807) is 10.7 Å². The van der Waals surface area contributed by atoms with E-state index >= 15 is 0 Å². The average molecular weight is 373 g/mol. The van der Waals surface area contributed by atoms with Crippen molar-refractivity contribution in [1.82, 2.24) is 34.7 Å².